The molecule has 2 rings (SSSR count). The first-order valence-corrected chi connectivity index (χ1v) is 12.4. The number of carboxylic acids is 1. The Hall–Kier alpha value is -3.84. The molecule has 0 bridgehead atoms. The Balaban J connectivity index is 2.44. The topological polar surface area (TPSA) is 188 Å². The number of rotatable bonds is 11. The fourth-order valence-corrected chi connectivity index (χ4v) is 3.80. The minimum Gasteiger partial charge on any atom is -0.478 e. The lowest BCUT2D eigenvalue weighted by Gasteiger charge is -2.16. The summed E-state index contributed by atoms with van der Waals surface area (Å²) in [6.07, 6.45) is 1.55. The molecule has 2 aromatic rings. The summed E-state index contributed by atoms with van der Waals surface area (Å²) in [6, 6.07) is 6.57. The zero-order valence-corrected chi connectivity index (χ0v) is 20.1. The van der Waals surface area contributed by atoms with Gasteiger partial charge in [-0.2, -0.15) is 0 Å². The Labute approximate surface area is 206 Å². The third-order valence-corrected chi connectivity index (χ3v) is 6.11. The van der Waals surface area contributed by atoms with Gasteiger partial charge in [-0.15, -0.1) is 0 Å². The highest BCUT2D eigenvalue weighted by atomic mass is 32.2. The van der Waals surface area contributed by atoms with Crippen molar-refractivity contribution in [3.63, 3.8) is 0 Å². The van der Waals surface area contributed by atoms with E-state index in [0.29, 0.717) is 12.5 Å². The lowest BCUT2D eigenvalue weighted by Crippen LogP contribution is -2.33. The molecule has 0 radical (unpaired) electrons. The number of carboxylic acid groups (broad SMARTS) is 1. The average molecular weight is 525 g/mol. The van der Waals surface area contributed by atoms with Crippen LogP contribution >= 0.6 is 0 Å². The summed E-state index contributed by atoms with van der Waals surface area (Å²) >= 11 is 0. The molecule has 0 aliphatic carbocycles. The number of hydrogen-bond donors (Lipinski definition) is 4. The average Bonchev–Trinajstić information content (AvgIpc) is 2.80. The number of halogens is 2. The van der Waals surface area contributed by atoms with Gasteiger partial charge >= 0.3 is 11.9 Å². The van der Waals surface area contributed by atoms with Gasteiger partial charge in [-0.05, 0) is 48.2 Å². The van der Waals surface area contributed by atoms with Crippen molar-refractivity contribution < 1.29 is 36.6 Å². The maximum Gasteiger partial charge on any atom is 0.336 e. The van der Waals surface area contributed by atoms with Crippen LogP contribution in [0.1, 0.15) is 24.0 Å². The number of sulfone groups is 1. The molecule has 0 aliphatic heterocycles. The number of hydrogen-bond acceptors (Lipinski definition) is 7. The van der Waals surface area contributed by atoms with Crippen molar-refractivity contribution in [1.29, 1.82) is 0 Å². The Morgan fingerprint density at radius 1 is 1.06 bits per heavy atom. The van der Waals surface area contributed by atoms with E-state index in [-0.39, 0.29) is 40.5 Å². The van der Waals surface area contributed by atoms with Crippen molar-refractivity contribution in [3.05, 3.63) is 65.2 Å². The first-order valence-electron chi connectivity index (χ1n) is 10.5. The minimum atomic E-state index is -3.55. The van der Waals surface area contributed by atoms with Gasteiger partial charge in [0.15, 0.2) is 27.4 Å². The third kappa shape index (κ3) is 7.85. The van der Waals surface area contributed by atoms with Crippen molar-refractivity contribution in [3.8, 4) is 0 Å². The van der Waals surface area contributed by atoms with Crippen LogP contribution in [0.4, 0.5) is 8.78 Å². The summed E-state index contributed by atoms with van der Waals surface area (Å²) in [5, 5.41) is 9.90. The second-order valence-corrected chi connectivity index (χ2v) is 9.76. The van der Waals surface area contributed by atoms with E-state index in [1.54, 1.807) is 0 Å². The Morgan fingerprint density at radius 3 is 2.19 bits per heavy atom. The van der Waals surface area contributed by atoms with Crippen molar-refractivity contribution in [2.75, 3.05) is 19.4 Å². The molecule has 13 heteroatoms. The van der Waals surface area contributed by atoms with Crippen molar-refractivity contribution in [1.82, 2.24) is 0 Å². The Kier molecular flexibility index (Phi) is 9.64. The van der Waals surface area contributed by atoms with Gasteiger partial charge in [-0.25, -0.2) is 22.0 Å². The molecule has 1 atom stereocenters. The lowest BCUT2D eigenvalue weighted by atomic mass is 9.95. The number of carbonyl (C=O) groups excluding carboxylic acids is 1. The van der Waals surface area contributed by atoms with E-state index in [2.05, 4.69) is 4.99 Å². The minimum absolute atomic E-state index is 0.0323. The molecule has 36 heavy (non-hydrogen) atoms. The molecule has 0 aliphatic rings. The molecule has 2 aromatic carbocycles. The smallest absolute Gasteiger partial charge is 0.336 e. The van der Waals surface area contributed by atoms with Crippen LogP contribution in [-0.2, 0) is 24.2 Å². The highest BCUT2D eigenvalue weighted by molar-refractivity contribution is 7.90. The van der Waals surface area contributed by atoms with E-state index < -0.39 is 51.6 Å². The molecular weight excluding hydrogens is 498 g/mol. The summed E-state index contributed by atoms with van der Waals surface area (Å²) in [5.41, 5.74) is 15.7. The highest BCUT2D eigenvalue weighted by Crippen LogP contribution is 2.29. The van der Waals surface area contributed by atoms with Gasteiger partial charge in [0.2, 0.25) is 0 Å². The monoisotopic (exact) mass is 524 g/mol. The maximum absolute atomic E-state index is 13.9. The molecular formula is C23H26F2N4O6S. The van der Waals surface area contributed by atoms with Crippen LogP contribution in [0.2, 0.25) is 0 Å². The van der Waals surface area contributed by atoms with Gasteiger partial charge in [0.05, 0.1) is 10.5 Å². The van der Waals surface area contributed by atoms with Crippen LogP contribution in [0, 0.1) is 11.6 Å². The van der Waals surface area contributed by atoms with E-state index in [1.807, 2.05) is 0 Å². The normalized spacial score (nSPS) is 12.9. The van der Waals surface area contributed by atoms with E-state index in [1.165, 1.54) is 24.3 Å². The quantitative estimate of drug-likeness (QED) is 0.0838. The molecule has 0 heterocycles. The summed E-state index contributed by atoms with van der Waals surface area (Å²) in [5.74, 6) is -4.93. The fraction of sp³-hybridized carbons (Fsp3) is 0.261. The largest absolute Gasteiger partial charge is 0.478 e. The molecule has 10 nitrogen and oxygen atoms in total. The lowest BCUT2D eigenvalue weighted by molar-refractivity contribution is -0.144. The maximum atomic E-state index is 13.9. The van der Waals surface area contributed by atoms with E-state index in [9.17, 15) is 31.9 Å². The third-order valence-electron chi connectivity index (χ3n) is 4.98. The number of benzene rings is 2. The molecule has 0 aromatic heterocycles. The van der Waals surface area contributed by atoms with E-state index >= 15 is 0 Å². The fourth-order valence-electron chi connectivity index (χ4n) is 3.17. The molecule has 0 fully saturated rings. The van der Waals surface area contributed by atoms with Gasteiger partial charge < -0.3 is 27.0 Å². The number of aliphatic imine (C=N–C) groups is 1. The number of carbonyl (C=O) groups is 2. The van der Waals surface area contributed by atoms with Crippen molar-refractivity contribution >= 4 is 38.9 Å². The number of ether oxygens (including phenoxy) is 1. The van der Waals surface area contributed by atoms with Crippen molar-refractivity contribution in [2.24, 2.45) is 22.2 Å². The Morgan fingerprint density at radius 2 is 1.67 bits per heavy atom. The Bertz CT molecular complexity index is 1290. The van der Waals surface area contributed by atoms with E-state index in [0.717, 1.165) is 18.4 Å². The van der Waals surface area contributed by atoms with Gasteiger partial charge in [-0.3, -0.25) is 9.79 Å². The zero-order valence-electron chi connectivity index (χ0n) is 19.3. The number of esters is 1. The van der Waals surface area contributed by atoms with E-state index in [4.69, 9.17) is 21.9 Å². The predicted octanol–water partition coefficient (Wildman–Crippen LogP) is 1.29. The van der Waals surface area contributed by atoms with Crippen LogP contribution in [0.15, 0.2) is 52.4 Å². The van der Waals surface area contributed by atoms with Crippen LogP contribution in [-0.4, -0.2) is 56.9 Å². The molecule has 194 valence electrons. The van der Waals surface area contributed by atoms with Crippen LogP contribution in [0.25, 0.3) is 11.1 Å². The molecule has 0 saturated carbocycles. The first kappa shape index (κ1) is 28.4. The summed E-state index contributed by atoms with van der Waals surface area (Å²) < 4.78 is 56.2. The summed E-state index contributed by atoms with van der Waals surface area (Å²) in [4.78, 5) is 28.3. The zero-order chi connectivity index (χ0) is 27.0. The summed E-state index contributed by atoms with van der Waals surface area (Å²) in [7, 11) is -3.55. The van der Waals surface area contributed by atoms with Crippen LogP contribution in [0.5, 0.6) is 0 Å². The predicted molar refractivity (Wildman–Crippen MR) is 129 cm³/mol. The van der Waals surface area contributed by atoms with Crippen LogP contribution < -0.4 is 17.2 Å². The van der Waals surface area contributed by atoms with Crippen molar-refractivity contribution in [2.45, 2.75) is 23.8 Å². The highest BCUT2D eigenvalue weighted by Gasteiger charge is 2.23. The standard InChI is InChI=1S/C23H26F2N4O6S/c1-36(33,34)15-7-4-13(5-8-15)16(12-35-22(32)19(26)3-2-10-29-23(27)28)20(21(30)31)14-6-9-17(24)18(25)11-14/h4-9,11,19H,2-3,10,12,26H2,1H3,(H,30,31)(H4,27,28,29)/b20-16+/t19-/m0/s1. The first-order chi connectivity index (χ1) is 16.8. The van der Waals surface area contributed by atoms with Gasteiger partial charge in [0.25, 0.3) is 0 Å². The molecule has 0 spiro atoms. The number of nitrogens with two attached hydrogens (primary N) is 3. The number of nitrogens with zero attached hydrogens (tertiary/aromatic N) is 1. The molecule has 0 saturated heterocycles. The van der Waals surface area contributed by atoms with Gasteiger partial charge in [0, 0.05) is 18.4 Å². The van der Waals surface area contributed by atoms with Gasteiger partial charge in [0.1, 0.15) is 12.6 Å². The SMILES string of the molecule is CS(=O)(=O)c1ccc(/C(COC(=O)[C@@H](N)CCCN=C(N)N)=C(/C(=O)O)c2ccc(F)c(F)c2)cc1. The number of aliphatic carboxylic acids is 1. The van der Waals surface area contributed by atoms with Gasteiger partial charge in [-0.1, -0.05) is 18.2 Å². The molecule has 0 amide bonds. The van der Waals surface area contributed by atoms with Crippen LogP contribution in [0.3, 0.4) is 0 Å². The second kappa shape index (κ2) is 12.2. The second-order valence-electron chi connectivity index (χ2n) is 7.75. The summed E-state index contributed by atoms with van der Waals surface area (Å²) in [6.45, 7) is -0.361. The molecule has 0 unspecified atom stereocenters. The number of guanidine groups is 1. The molecule has 7 N–H and O–H groups in total.